The molecule has 0 aliphatic heterocycles. The Balaban J connectivity index is 2.07. The highest BCUT2D eigenvalue weighted by atomic mass is 35.6. The monoisotopic (exact) mass is 434 g/mol. The maximum atomic E-state index is 7.71. The molecule has 0 radical (unpaired) electrons. The average molecular weight is 435 g/mol. The molecule has 3 aromatic rings. The van der Waals surface area contributed by atoms with E-state index in [4.69, 9.17) is 11.1 Å². The summed E-state index contributed by atoms with van der Waals surface area (Å²) in [6.45, 7) is 8.83. The predicted molar refractivity (Wildman–Crippen MR) is 137 cm³/mol. The fraction of sp³-hybridized carbons (Fsp3) is 0.357. The lowest BCUT2D eigenvalue weighted by atomic mass is 10.1. The van der Waals surface area contributed by atoms with Gasteiger partial charge in [0, 0.05) is 0 Å². The summed E-state index contributed by atoms with van der Waals surface area (Å²) in [5.74, 6) is 0. The summed E-state index contributed by atoms with van der Waals surface area (Å²) in [6.07, 6.45) is 7.20. The van der Waals surface area contributed by atoms with Crippen molar-refractivity contribution in [2.24, 2.45) is 0 Å². The van der Waals surface area contributed by atoms with Crippen LogP contribution in [0.5, 0.6) is 0 Å². The van der Waals surface area contributed by atoms with Crippen molar-refractivity contribution >= 4 is 34.0 Å². The predicted octanol–water partition coefficient (Wildman–Crippen LogP) is 6.19. The number of hydrogen-bond donors (Lipinski definition) is 0. The second-order valence-corrected chi connectivity index (χ2v) is 13.4. The molecule has 0 bridgehead atoms. The Morgan fingerprint density at radius 3 is 1.37 bits per heavy atom. The van der Waals surface area contributed by atoms with Crippen molar-refractivity contribution in [1.29, 1.82) is 0 Å². The SMILES string of the molecule is CCCCc1ccc([Si](Cl)(c2ccc(CCCC)cc2)c2cc(C)cc(C)c2)cc1. The summed E-state index contributed by atoms with van der Waals surface area (Å²) in [5, 5.41) is 3.83. The molecular weight excluding hydrogens is 400 g/mol. The van der Waals surface area contributed by atoms with E-state index in [0.29, 0.717) is 0 Å². The van der Waals surface area contributed by atoms with E-state index in [9.17, 15) is 0 Å². The lowest BCUT2D eigenvalue weighted by molar-refractivity contribution is 0.795. The topological polar surface area (TPSA) is 0 Å². The molecule has 0 amide bonds. The van der Waals surface area contributed by atoms with Crippen molar-refractivity contribution in [3.05, 3.63) is 89.0 Å². The first-order valence-electron chi connectivity index (χ1n) is 11.4. The first-order valence-corrected chi connectivity index (χ1v) is 14.4. The summed E-state index contributed by atoms with van der Waals surface area (Å²) < 4.78 is 0. The fourth-order valence-electron chi connectivity index (χ4n) is 4.24. The molecule has 0 nitrogen and oxygen atoms in total. The second-order valence-electron chi connectivity index (χ2n) is 8.64. The number of halogens is 1. The van der Waals surface area contributed by atoms with E-state index >= 15 is 0 Å². The lowest BCUT2D eigenvalue weighted by Crippen LogP contribution is -2.63. The van der Waals surface area contributed by atoms with Crippen LogP contribution in [0.4, 0.5) is 0 Å². The number of aryl methyl sites for hydroxylation is 4. The standard InChI is InChI=1S/C28H35ClSi/c1-5-7-9-24-11-15-26(16-12-24)30(29,28-20-22(3)19-23(4)21-28)27-17-13-25(14-18-27)10-8-6-2/h11-21H,5-10H2,1-4H3. The molecule has 0 atom stereocenters. The minimum absolute atomic E-state index is 1.14. The number of unbranched alkanes of at least 4 members (excludes halogenated alkanes) is 2. The molecule has 0 fully saturated rings. The highest BCUT2D eigenvalue weighted by Gasteiger charge is 2.38. The highest BCUT2D eigenvalue weighted by Crippen LogP contribution is 2.16. The van der Waals surface area contributed by atoms with E-state index in [1.165, 1.54) is 63.5 Å². The van der Waals surface area contributed by atoms with Gasteiger partial charge < -0.3 is 0 Å². The minimum Gasteiger partial charge on any atom is -0.149 e. The van der Waals surface area contributed by atoms with Gasteiger partial charge in [-0.05, 0) is 66.2 Å². The van der Waals surface area contributed by atoms with Crippen LogP contribution in [-0.4, -0.2) is 7.38 Å². The van der Waals surface area contributed by atoms with Crippen LogP contribution < -0.4 is 15.6 Å². The minimum atomic E-state index is -2.58. The van der Waals surface area contributed by atoms with Crippen LogP contribution in [-0.2, 0) is 12.8 Å². The third-order valence-electron chi connectivity index (χ3n) is 5.96. The fourth-order valence-corrected chi connectivity index (χ4v) is 8.43. The Morgan fingerprint density at radius 1 is 0.600 bits per heavy atom. The van der Waals surface area contributed by atoms with Crippen LogP contribution in [0.1, 0.15) is 61.8 Å². The van der Waals surface area contributed by atoms with Crippen LogP contribution in [0.3, 0.4) is 0 Å². The molecule has 0 saturated heterocycles. The molecule has 3 rings (SSSR count). The van der Waals surface area contributed by atoms with E-state index < -0.39 is 7.38 Å². The maximum absolute atomic E-state index is 7.71. The van der Waals surface area contributed by atoms with Crippen LogP contribution in [0.15, 0.2) is 66.7 Å². The number of hydrogen-bond acceptors (Lipinski definition) is 0. The quantitative estimate of drug-likeness (QED) is 0.214. The van der Waals surface area contributed by atoms with Crippen molar-refractivity contribution in [1.82, 2.24) is 0 Å². The van der Waals surface area contributed by atoms with Crippen LogP contribution in [0.25, 0.3) is 0 Å². The zero-order chi connectivity index (χ0) is 21.6. The Kier molecular flexibility index (Phi) is 7.97. The largest absolute Gasteiger partial charge is 0.247 e. The van der Waals surface area contributed by atoms with Gasteiger partial charge in [-0.3, -0.25) is 0 Å². The van der Waals surface area contributed by atoms with Gasteiger partial charge in [0.1, 0.15) is 0 Å². The molecule has 3 aromatic carbocycles. The molecular formula is C28H35ClSi. The number of rotatable bonds is 9. The zero-order valence-electron chi connectivity index (χ0n) is 19.0. The van der Waals surface area contributed by atoms with Crippen molar-refractivity contribution in [2.45, 2.75) is 66.2 Å². The molecule has 0 aliphatic rings. The zero-order valence-corrected chi connectivity index (χ0v) is 20.7. The van der Waals surface area contributed by atoms with Crippen molar-refractivity contribution in [3.63, 3.8) is 0 Å². The van der Waals surface area contributed by atoms with Gasteiger partial charge in [0.05, 0.1) is 0 Å². The molecule has 30 heavy (non-hydrogen) atoms. The van der Waals surface area contributed by atoms with Gasteiger partial charge in [-0.1, -0.05) is 105 Å². The summed E-state index contributed by atoms with van der Waals surface area (Å²) in [5.41, 5.74) is 5.37. The third kappa shape index (κ3) is 5.25. The second kappa shape index (κ2) is 10.5. The van der Waals surface area contributed by atoms with E-state index in [2.05, 4.69) is 94.4 Å². The molecule has 0 aromatic heterocycles. The van der Waals surface area contributed by atoms with Crippen LogP contribution in [0, 0.1) is 13.8 Å². The van der Waals surface area contributed by atoms with Gasteiger partial charge in [0.15, 0.2) is 0 Å². The summed E-state index contributed by atoms with van der Waals surface area (Å²) in [4.78, 5) is 0. The van der Waals surface area contributed by atoms with E-state index in [0.717, 1.165) is 12.8 Å². The summed E-state index contributed by atoms with van der Waals surface area (Å²) in [7, 11) is -2.58. The molecule has 0 unspecified atom stereocenters. The highest BCUT2D eigenvalue weighted by molar-refractivity contribution is 7.40. The molecule has 0 heterocycles. The van der Waals surface area contributed by atoms with Gasteiger partial charge in [-0.25, -0.2) is 0 Å². The normalized spacial score (nSPS) is 11.6. The van der Waals surface area contributed by atoms with Crippen LogP contribution >= 0.6 is 11.1 Å². The van der Waals surface area contributed by atoms with E-state index in [-0.39, 0.29) is 0 Å². The Hall–Kier alpha value is -1.83. The van der Waals surface area contributed by atoms with Gasteiger partial charge in [0.25, 0.3) is 0 Å². The third-order valence-corrected chi connectivity index (χ3v) is 11.3. The van der Waals surface area contributed by atoms with Crippen molar-refractivity contribution in [2.75, 3.05) is 0 Å². The van der Waals surface area contributed by atoms with Crippen LogP contribution in [0.2, 0.25) is 0 Å². The van der Waals surface area contributed by atoms with Crippen molar-refractivity contribution < 1.29 is 0 Å². The maximum Gasteiger partial charge on any atom is 0.247 e. The lowest BCUT2D eigenvalue weighted by Gasteiger charge is -2.27. The smallest absolute Gasteiger partial charge is 0.149 e. The Labute approximate surface area is 189 Å². The van der Waals surface area contributed by atoms with Gasteiger partial charge in [0.2, 0.25) is 7.38 Å². The van der Waals surface area contributed by atoms with E-state index in [1.54, 1.807) is 0 Å². The molecule has 0 spiro atoms. The Bertz CT molecular complexity index is 870. The number of benzene rings is 3. The molecule has 0 saturated carbocycles. The molecule has 2 heteroatoms. The van der Waals surface area contributed by atoms with Gasteiger partial charge >= 0.3 is 0 Å². The van der Waals surface area contributed by atoms with Gasteiger partial charge in [-0.2, -0.15) is 0 Å². The Morgan fingerprint density at radius 2 is 1.00 bits per heavy atom. The summed E-state index contributed by atoms with van der Waals surface area (Å²) >= 11 is 7.71. The van der Waals surface area contributed by atoms with E-state index in [1.807, 2.05) is 0 Å². The van der Waals surface area contributed by atoms with Gasteiger partial charge in [-0.15, -0.1) is 11.1 Å². The molecule has 158 valence electrons. The van der Waals surface area contributed by atoms with Crippen molar-refractivity contribution in [3.8, 4) is 0 Å². The summed E-state index contributed by atoms with van der Waals surface area (Å²) in [6, 6.07) is 25.1. The average Bonchev–Trinajstić information content (AvgIpc) is 2.75. The first-order chi connectivity index (χ1) is 14.5. The first kappa shape index (κ1) is 22.8. The molecule has 0 aliphatic carbocycles. The molecule has 0 N–H and O–H groups in total.